The van der Waals surface area contributed by atoms with Gasteiger partial charge >= 0.3 is 5.97 Å². The van der Waals surface area contributed by atoms with Crippen molar-refractivity contribution >= 4 is 16.9 Å². The molecule has 17 heavy (non-hydrogen) atoms. The number of carbonyl (C=O) groups is 1. The number of para-hydroxylation sites is 1. The van der Waals surface area contributed by atoms with E-state index < -0.39 is 0 Å². The van der Waals surface area contributed by atoms with Crippen LogP contribution in [0, 0.1) is 0 Å². The van der Waals surface area contributed by atoms with Gasteiger partial charge in [-0.1, -0.05) is 18.2 Å². The number of esters is 1. The maximum Gasteiger partial charge on any atom is 0.307 e. The van der Waals surface area contributed by atoms with E-state index >= 15 is 0 Å². The van der Waals surface area contributed by atoms with Crippen LogP contribution in [0.4, 0.5) is 0 Å². The van der Waals surface area contributed by atoms with Gasteiger partial charge in [0.25, 0.3) is 0 Å². The van der Waals surface area contributed by atoms with E-state index in [-0.39, 0.29) is 12.6 Å². The number of aromatic nitrogens is 1. The van der Waals surface area contributed by atoms with Crippen molar-refractivity contribution in [3.05, 3.63) is 36.0 Å². The van der Waals surface area contributed by atoms with Crippen molar-refractivity contribution in [1.82, 2.24) is 4.57 Å². The van der Waals surface area contributed by atoms with Crippen molar-refractivity contribution in [2.24, 2.45) is 0 Å². The number of hydrogen-bond donors (Lipinski definition) is 1. The predicted molar refractivity (Wildman–Crippen MR) is 64.5 cm³/mol. The van der Waals surface area contributed by atoms with Crippen molar-refractivity contribution in [3.63, 3.8) is 0 Å². The fourth-order valence-electron chi connectivity index (χ4n) is 1.97. The van der Waals surface area contributed by atoms with Gasteiger partial charge in [-0.2, -0.15) is 0 Å². The van der Waals surface area contributed by atoms with E-state index in [0.717, 1.165) is 16.6 Å². The molecule has 0 saturated heterocycles. The van der Waals surface area contributed by atoms with Gasteiger partial charge in [0.15, 0.2) is 0 Å². The fraction of sp³-hybridized carbons (Fsp3) is 0.308. The summed E-state index contributed by atoms with van der Waals surface area (Å²) in [7, 11) is 1.38. The third kappa shape index (κ3) is 2.31. The molecule has 1 aromatic carbocycles. The minimum Gasteiger partial charge on any atom is -0.469 e. The predicted octanol–water partition coefficient (Wildman–Crippen LogP) is 1.70. The number of aryl methyl sites for hydroxylation is 1. The third-order valence-corrected chi connectivity index (χ3v) is 2.83. The summed E-state index contributed by atoms with van der Waals surface area (Å²) in [6, 6.07) is 9.80. The number of ether oxygens (including phenoxy) is 1. The Labute approximate surface area is 99.4 Å². The van der Waals surface area contributed by atoms with Gasteiger partial charge in [-0.25, -0.2) is 0 Å². The molecule has 90 valence electrons. The van der Waals surface area contributed by atoms with E-state index in [4.69, 9.17) is 0 Å². The van der Waals surface area contributed by atoms with Crippen LogP contribution < -0.4 is 0 Å². The Morgan fingerprint density at radius 3 is 2.88 bits per heavy atom. The highest BCUT2D eigenvalue weighted by atomic mass is 16.5. The first-order chi connectivity index (χ1) is 8.26. The molecule has 0 bridgehead atoms. The highest BCUT2D eigenvalue weighted by molar-refractivity contribution is 5.81. The van der Waals surface area contributed by atoms with Crippen molar-refractivity contribution in [2.45, 2.75) is 19.6 Å². The zero-order valence-corrected chi connectivity index (χ0v) is 9.72. The summed E-state index contributed by atoms with van der Waals surface area (Å²) in [6.07, 6.45) is 0.308. The quantitative estimate of drug-likeness (QED) is 0.818. The normalized spacial score (nSPS) is 10.7. The number of carbonyl (C=O) groups excluding carboxylic acids is 1. The Bertz CT molecular complexity index is 530. The minimum absolute atomic E-state index is 0.0319. The lowest BCUT2D eigenvalue weighted by Gasteiger charge is -2.08. The fourth-order valence-corrected chi connectivity index (χ4v) is 1.97. The number of benzene rings is 1. The first kappa shape index (κ1) is 11.7. The molecule has 2 rings (SSSR count). The molecule has 0 aliphatic heterocycles. The second kappa shape index (κ2) is 5.01. The molecular weight excluding hydrogens is 218 g/mol. The number of fused-ring (bicyclic) bond motifs is 1. The molecule has 0 radical (unpaired) electrons. The van der Waals surface area contributed by atoms with Crippen molar-refractivity contribution < 1.29 is 14.6 Å². The van der Waals surface area contributed by atoms with Gasteiger partial charge in [-0.15, -0.1) is 0 Å². The van der Waals surface area contributed by atoms with E-state index in [1.165, 1.54) is 7.11 Å². The molecule has 0 unspecified atom stereocenters. The number of aliphatic hydroxyl groups is 1. The molecule has 1 aromatic heterocycles. The zero-order valence-electron chi connectivity index (χ0n) is 9.72. The van der Waals surface area contributed by atoms with Gasteiger partial charge < -0.3 is 14.4 Å². The minimum atomic E-state index is -0.244. The molecule has 0 spiro atoms. The monoisotopic (exact) mass is 233 g/mol. The molecule has 2 aromatic rings. The summed E-state index contributed by atoms with van der Waals surface area (Å²) in [5.41, 5.74) is 1.84. The first-order valence-electron chi connectivity index (χ1n) is 5.51. The lowest BCUT2D eigenvalue weighted by atomic mass is 10.2. The molecule has 0 saturated carbocycles. The van der Waals surface area contributed by atoms with Crippen LogP contribution in [0.3, 0.4) is 0 Å². The Morgan fingerprint density at radius 1 is 1.41 bits per heavy atom. The van der Waals surface area contributed by atoms with Crippen LogP contribution in [-0.2, 0) is 22.7 Å². The Balaban J connectivity index is 2.33. The third-order valence-electron chi connectivity index (χ3n) is 2.83. The van der Waals surface area contributed by atoms with Gasteiger partial charge in [0, 0.05) is 17.8 Å². The van der Waals surface area contributed by atoms with Crippen molar-refractivity contribution in [1.29, 1.82) is 0 Å². The molecule has 1 heterocycles. The number of methoxy groups -OCH3 is 1. The summed E-state index contributed by atoms with van der Waals surface area (Å²) in [5, 5.41) is 10.4. The van der Waals surface area contributed by atoms with Gasteiger partial charge in [0.05, 0.1) is 20.1 Å². The highest BCUT2D eigenvalue weighted by Crippen LogP contribution is 2.20. The molecule has 0 fully saturated rings. The van der Waals surface area contributed by atoms with Crippen LogP contribution in [-0.4, -0.2) is 22.8 Å². The molecule has 0 aliphatic carbocycles. The standard InChI is InChI=1S/C13H15NO3/c1-17-13(16)6-7-14-11(9-15)8-10-4-2-3-5-12(10)14/h2-5,8,15H,6-7,9H2,1H3. The van der Waals surface area contributed by atoms with Gasteiger partial charge in [0.2, 0.25) is 0 Å². The van der Waals surface area contributed by atoms with Gasteiger partial charge in [-0.05, 0) is 17.5 Å². The first-order valence-corrected chi connectivity index (χ1v) is 5.51. The Morgan fingerprint density at radius 2 is 2.18 bits per heavy atom. The molecule has 4 nitrogen and oxygen atoms in total. The molecule has 1 N–H and O–H groups in total. The maximum atomic E-state index is 11.1. The highest BCUT2D eigenvalue weighted by Gasteiger charge is 2.09. The maximum absolute atomic E-state index is 11.1. The van der Waals surface area contributed by atoms with Crippen LogP contribution in [0.2, 0.25) is 0 Å². The second-order valence-electron chi connectivity index (χ2n) is 3.83. The molecule has 0 atom stereocenters. The number of nitrogens with zero attached hydrogens (tertiary/aromatic N) is 1. The second-order valence-corrected chi connectivity index (χ2v) is 3.83. The van der Waals surface area contributed by atoms with E-state index in [9.17, 15) is 9.90 Å². The molecule has 4 heteroatoms. The summed E-state index contributed by atoms with van der Waals surface area (Å²) in [5.74, 6) is -0.244. The van der Waals surface area contributed by atoms with Gasteiger partial charge in [0.1, 0.15) is 0 Å². The van der Waals surface area contributed by atoms with Crippen LogP contribution >= 0.6 is 0 Å². The summed E-state index contributed by atoms with van der Waals surface area (Å²) >= 11 is 0. The summed E-state index contributed by atoms with van der Waals surface area (Å²) in [6.45, 7) is 0.492. The van der Waals surface area contributed by atoms with Crippen LogP contribution in [0.25, 0.3) is 10.9 Å². The van der Waals surface area contributed by atoms with E-state index in [1.807, 2.05) is 34.9 Å². The van der Waals surface area contributed by atoms with Gasteiger partial charge in [-0.3, -0.25) is 4.79 Å². The zero-order chi connectivity index (χ0) is 12.3. The van der Waals surface area contributed by atoms with Crippen LogP contribution in [0.5, 0.6) is 0 Å². The van der Waals surface area contributed by atoms with Crippen molar-refractivity contribution in [3.8, 4) is 0 Å². The largest absolute Gasteiger partial charge is 0.469 e. The lowest BCUT2D eigenvalue weighted by Crippen LogP contribution is -2.09. The van der Waals surface area contributed by atoms with E-state index in [2.05, 4.69) is 4.74 Å². The summed E-state index contributed by atoms with van der Waals surface area (Å²) in [4.78, 5) is 11.1. The number of rotatable bonds is 4. The number of hydrogen-bond acceptors (Lipinski definition) is 3. The molecule has 0 aliphatic rings. The molecule has 0 amide bonds. The topological polar surface area (TPSA) is 51.5 Å². The SMILES string of the molecule is COC(=O)CCn1c(CO)cc2ccccc21. The Hall–Kier alpha value is -1.81. The number of aliphatic hydroxyl groups excluding tert-OH is 1. The average Bonchev–Trinajstić information content (AvgIpc) is 2.73. The Kier molecular flexibility index (Phi) is 3.44. The smallest absolute Gasteiger partial charge is 0.307 e. The van der Waals surface area contributed by atoms with Crippen LogP contribution in [0.15, 0.2) is 30.3 Å². The molecular formula is C13H15NO3. The van der Waals surface area contributed by atoms with E-state index in [1.54, 1.807) is 0 Å². The van der Waals surface area contributed by atoms with Crippen LogP contribution in [0.1, 0.15) is 12.1 Å². The van der Waals surface area contributed by atoms with Crippen molar-refractivity contribution in [2.75, 3.05) is 7.11 Å². The average molecular weight is 233 g/mol. The lowest BCUT2D eigenvalue weighted by molar-refractivity contribution is -0.140. The summed E-state index contributed by atoms with van der Waals surface area (Å²) < 4.78 is 6.57. The van der Waals surface area contributed by atoms with E-state index in [0.29, 0.717) is 13.0 Å².